The molecule has 0 fully saturated rings. The second-order valence-electron chi connectivity index (χ2n) is 3.57. The maximum atomic E-state index is 6.18. The van der Waals surface area contributed by atoms with E-state index in [4.69, 9.17) is 10.5 Å². The molecule has 1 atom stereocenters. The summed E-state index contributed by atoms with van der Waals surface area (Å²) in [4.78, 5) is 1.35. The minimum Gasteiger partial charge on any atom is -0.372 e. The van der Waals surface area contributed by atoms with Gasteiger partial charge in [-0.3, -0.25) is 11.3 Å². The molecule has 2 rings (SSSR count). The first-order chi connectivity index (χ1) is 6.17. The zero-order valence-electron chi connectivity index (χ0n) is 8.39. The Bertz CT molecular complexity index is 326. The van der Waals surface area contributed by atoms with Crippen LogP contribution in [0.2, 0.25) is 0 Å². The fourth-order valence-corrected chi connectivity index (χ4v) is 3.07. The summed E-state index contributed by atoms with van der Waals surface area (Å²) in [6.07, 6.45) is 3.17. The van der Waals surface area contributed by atoms with E-state index in [9.17, 15) is 0 Å². The van der Waals surface area contributed by atoms with Gasteiger partial charge in [-0.15, -0.1) is 15.8 Å². The molecule has 0 bridgehead atoms. The Labute approximate surface area is 102 Å². The zero-order chi connectivity index (χ0) is 9.47. The van der Waals surface area contributed by atoms with E-state index in [0.29, 0.717) is 0 Å². The molecule has 0 saturated carbocycles. The molecule has 1 radical (unpaired) electrons. The zero-order valence-corrected chi connectivity index (χ0v) is 11.9. The Kier molecular flexibility index (Phi) is 3.90. The van der Waals surface area contributed by atoms with Crippen LogP contribution < -0.4 is 5.73 Å². The maximum Gasteiger partial charge on any atom is 0.0878 e. The number of nitrogens with two attached hydrogens (primary N) is 1. The van der Waals surface area contributed by atoms with E-state index in [1.165, 1.54) is 10.4 Å². The van der Waals surface area contributed by atoms with Crippen molar-refractivity contribution in [2.45, 2.75) is 31.9 Å². The van der Waals surface area contributed by atoms with Crippen molar-refractivity contribution < 1.29 is 25.2 Å². The molecule has 79 valence electrons. The number of hydrogen-bond donors (Lipinski definition) is 1. The van der Waals surface area contributed by atoms with Gasteiger partial charge in [0.25, 0.3) is 0 Å². The van der Waals surface area contributed by atoms with Gasteiger partial charge >= 0.3 is 0 Å². The van der Waals surface area contributed by atoms with Gasteiger partial charge in [-0.2, -0.15) is 5.56 Å². The summed E-state index contributed by atoms with van der Waals surface area (Å²) in [6.45, 7) is 2.06. The van der Waals surface area contributed by atoms with E-state index < -0.39 is 5.72 Å². The van der Waals surface area contributed by atoms with Gasteiger partial charge in [-0.25, -0.2) is 0 Å². The molecule has 1 aromatic heterocycles. The average molecular weight is 383 g/mol. The van der Waals surface area contributed by atoms with Gasteiger partial charge in [0.2, 0.25) is 0 Å². The van der Waals surface area contributed by atoms with Crippen molar-refractivity contribution in [2.75, 3.05) is 7.11 Å². The topological polar surface area (TPSA) is 35.2 Å². The van der Waals surface area contributed by atoms with Gasteiger partial charge in [0.1, 0.15) is 0 Å². The smallest absolute Gasteiger partial charge is 0.0878 e. The third-order valence-electron chi connectivity index (χ3n) is 2.72. The van der Waals surface area contributed by atoms with Crippen LogP contribution in [0.5, 0.6) is 0 Å². The average Bonchev–Trinajstić information content (AvgIpc) is 2.50. The van der Waals surface area contributed by atoms with E-state index in [1.807, 2.05) is 0 Å². The Hall–Kier alpha value is 0.282. The van der Waals surface area contributed by atoms with Crippen molar-refractivity contribution in [2.24, 2.45) is 5.73 Å². The van der Waals surface area contributed by atoms with Crippen molar-refractivity contribution in [1.82, 2.24) is 0 Å². The molecule has 1 heterocycles. The van der Waals surface area contributed by atoms with Gasteiger partial charge in [-0.05, 0) is 6.42 Å². The largest absolute Gasteiger partial charge is 0.372 e. The molecule has 0 aliphatic heterocycles. The van der Waals surface area contributed by atoms with Crippen LogP contribution in [0.15, 0.2) is 0 Å². The van der Waals surface area contributed by atoms with Crippen molar-refractivity contribution in [3.05, 3.63) is 21.4 Å². The number of fused-ring (bicyclic) bond motifs is 1. The van der Waals surface area contributed by atoms with Gasteiger partial charge in [0.05, 0.1) is 5.72 Å². The fourth-order valence-electron chi connectivity index (χ4n) is 2.02. The second kappa shape index (κ2) is 4.42. The monoisotopic (exact) mass is 383 g/mol. The van der Waals surface area contributed by atoms with Crippen LogP contribution in [0.25, 0.3) is 0 Å². The van der Waals surface area contributed by atoms with Crippen molar-refractivity contribution >= 4 is 11.3 Å². The number of thiophene rings is 1. The summed E-state index contributed by atoms with van der Waals surface area (Å²) >= 11 is 1.68. The molecule has 0 spiro atoms. The number of hydrogen-bond acceptors (Lipinski definition) is 3. The Morgan fingerprint density at radius 3 is 2.93 bits per heavy atom. The molecule has 0 saturated heterocycles. The van der Waals surface area contributed by atoms with Gasteiger partial charge in [0.15, 0.2) is 0 Å². The number of methoxy groups -OCH3 is 1. The quantitative estimate of drug-likeness (QED) is 0.595. The van der Waals surface area contributed by atoms with E-state index in [1.54, 1.807) is 18.4 Å². The molecule has 4 heteroatoms. The molecule has 2 N–H and O–H groups in total. The van der Waals surface area contributed by atoms with E-state index in [2.05, 4.69) is 12.3 Å². The molecule has 0 amide bonds. The predicted molar refractivity (Wildman–Crippen MR) is 53.7 cm³/mol. The van der Waals surface area contributed by atoms with Crippen LogP contribution in [0.4, 0.5) is 0 Å². The first kappa shape index (κ1) is 12.4. The standard InChI is InChI=1S/C10H14NOS.Re/c1-7-6-13-8-4-3-5-10(11,12-2)9(7)8;/h3-5,11H2,1-2H3;/q-1;/t10-;/m1./s1. The van der Waals surface area contributed by atoms with Crippen LogP contribution >= 0.6 is 11.3 Å². The Morgan fingerprint density at radius 2 is 2.29 bits per heavy atom. The summed E-state index contributed by atoms with van der Waals surface area (Å²) in [5.41, 5.74) is 7.98. The second-order valence-corrected chi connectivity index (χ2v) is 4.48. The molecular weight excluding hydrogens is 368 g/mol. The van der Waals surface area contributed by atoms with E-state index in [-0.39, 0.29) is 20.4 Å². The minimum atomic E-state index is -0.547. The van der Waals surface area contributed by atoms with Crippen LogP contribution in [0, 0.1) is 12.3 Å². The van der Waals surface area contributed by atoms with E-state index >= 15 is 0 Å². The number of aryl methyl sites for hydroxylation is 2. The summed E-state index contributed by atoms with van der Waals surface area (Å²) in [7, 11) is 1.69. The summed E-state index contributed by atoms with van der Waals surface area (Å²) in [6, 6.07) is 0. The molecule has 0 aromatic carbocycles. The molecule has 1 aliphatic carbocycles. The first-order valence-corrected chi connectivity index (χ1v) is 5.33. The normalized spacial score (nSPS) is 25.4. The molecular formula is C10H14NOReS-. The van der Waals surface area contributed by atoms with Gasteiger partial charge < -0.3 is 10.5 Å². The Morgan fingerprint density at radius 1 is 1.57 bits per heavy atom. The van der Waals surface area contributed by atoms with E-state index in [0.717, 1.165) is 24.8 Å². The van der Waals surface area contributed by atoms with Crippen LogP contribution in [-0.4, -0.2) is 7.11 Å². The summed E-state index contributed by atoms with van der Waals surface area (Å²) in [5, 5.41) is 3.25. The first-order valence-electron chi connectivity index (χ1n) is 4.52. The molecule has 1 aromatic rings. The summed E-state index contributed by atoms with van der Waals surface area (Å²) in [5.74, 6) is 0. The Balaban J connectivity index is 0.000000980. The van der Waals surface area contributed by atoms with Gasteiger partial charge in [-0.1, -0.05) is 19.8 Å². The fraction of sp³-hybridized carbons (Fsp3) is 0.600. The summed E-state index contributed by atoms with van der Waals surface area (Å²) < 4.78 is 5.41. The van der Waals surface area contributed by atoms with Crippen molar-refractivity contribution in [3.63, 3.8) is 0 Å². The van der Waals surface area contributed by atoms with Crippen molar-refractivity contribution in [1.29, 1.82) is 0 Å². The SMILES string of the molecule is CO[C@]1(N)CCCc2s[c-]c(C)c21.[Re]. The van der Waals surface area contributed by atoms with Crippen molar-refractivity contribution in [3.8, 4) is 0 Å². The van der Waals surface area contributed by atoms with Gasteiger partial charge in [0, 0.05) is 27.5 Å². The molecule has 2 nitrogen and oxygen atoms in total. The number of rotatable bonds is 1. The van der Waals surface area contributed by atoms with Crippen LogP contribution in [-0.2, 0) is 37.3 Å². The maximum absolute atomic E-state index is 6.18. The molecule has 14 heavy (non-hydrogen) atoms. The molecule has 1 aliphatic rings. The minimum absolute atomic E-state index is 0. The molecule has 0 unspecified atom stereocenters. The number of ether oxygens (including phenoxy) is 1. The predicted octanol–water partition coefficient (Wildman–Crippen LogP) is 1.95. The van der Waals surface area contributed by atoms with Crippen LogP contribution in [0.1, 0.15) is 28.8 Å². The third-order valence-corrected chi connectivity index (χ3v) is 3.78. The third kappa shape index (κ3) is 1.82. The van der Waals surface area contributed by atoms with Crippen LogP contribution in [0.3, 0.4) is 0 Å².